The van der Waals surface area contributed by atoms with Crippen LogP contribution in [0.1, 0.15) is 29.8 Å². The van der Waals surface area contributed by atoms with Crippen molar-refractivity contribution in [3.63, 3.8) is 0 Å². The number of fused-ring (bicyclic) bond motifs is 1. The minimum atomic E-state index is -0.426. The number of oxazole rings is 1. The van der Waals surface area contributed by atoms with Crippen molar-refractivity contribution in [2.24, 2.45) is 0 Å². The summed E-state index contributed by atoms with van der Waals surface area (Å²) in [5.74, 6) is -0.591. The largest absolute Gasteiger partial charge is 0.420 e. The molecular weight excluding hydrogens is 292 g/mol. The number of carbonyl (C=O) groups is 1. The third-order valence-electron chi connectivity index (χ3n) is 3.53. The lowest BCUT2D eigenvalue weighted by atomic mass is 10.1. The maximum absolute atomic E-state index is 12.1. The highest BCUT2D eigenvalue weighted by Crippen LogP contribution is 2.16. The monoisotopic (exact) mass is 310 g/mol. The van der Waals surface area contributed by atoms with E-state index in [9.17, 15) is 9.59 Å². The summed E-state index contributed by atoms with van der Waals surface area (Å²) in [5, 5.41) is 2.84. The summed E-state index contributed by atoms with van der Waals surface area (Å²) in [4.78, 5) is 24.2. The first-order valence-corrected chi connectivity index (χ1v) is 7.53. The Balaban J connectivity index is 2.02. The van der Waals surface area contributed by atoms with Crippen LogP contribution in [-0.4, -0.2) is 16.5 Å². The summed E-state index contributed by atoms with van der Waals surface area (Å²) in [6.07, 6.45) is 0. The van der Waals surface area contributed by atoms with Crippen LogP contribution in [0, 0.1) is 0 Å². The van der Waals surface area contributed by atoms with Crippen molar-refractivity contribution in [2.75, 3.05) is 0 Å². The lowest BCUT2D eigenvalue weighted by Crippen LogP contribution is -2.30. The molecule has 1 N–H and O–H groups in total. The highest BCUT2D eigenvalue weighted by molar-refractivity contribution is 5.97. The van der Waals surface area contributed by atoms with E-state index in [-0.39, 0.29) is 11.9 Å². The fourth-order valence-corrected chi connectivity index (χ4v) is 2.46. The molecule has 5 heteroatoms. The number of hydrogen-bond acceptors (Lipinski definition) is 3. The Morgan fingerprint density at radius 2 is 1.91 bits per heavy atom. The Morgan fingerprint density at radius 3 is 2.61 bits per heavy atom. The van der Waals surface area contributed by atoms with Gasteiger partial charge >= 0.3 is 5.76 Å². The molecule has 3 rings (SSSR count). The molecular formula is C18H18N2O3. The minimum Gasteiger partial charge on any atom is -0.408 e. The van der Waals surface area contributed by atoms with Crippen LogP contribution in [0.3, 0.4) is 0 Å². The van der Waals surface area contributed by atoms with Gasteiger partial charge in [0.2, 0.25) is 0 Å². The lowest BCUT2D eigenvalue weighted by Gasteiger charge is -2.08. The van der Waals surface area contributed by atoms with Crippen LogP contribution in [0.25, 0.3) is 11.1 Å². The first-order chi connectivity index (χ1) is 11.0. The van der Waals surface area contributed by atoms with Crippen LogP contribution in [0.4, 0.5) is 0 Å². The summed E-state index contributed by atoms with van der Waals surface area (Å²) in [6.45, 7) is 4.21. The average Bonchev–Trinajstić information content (AvgIpc) is 2.83. The Labute approximate surface area is 133 Å². The Kier molecular flexibility index (Phi) is 4.02. The second kappa shape index (κ2) is 6.12. The summed E-state index contributed by atoms with van der Waals surface area (Å²) < 4.78 is 6.80. The van der Waals surface area contributed by atoms with E-state index in [2.05, 4.69) is 5.32 Å². The summed E-state index contributed by atoms with van der Waals surface area (Å²) in [5.41, 5.74) is 2.60. The fraction of sp³-hybridized carbons (Fsp3) is 0.222. The molecule has 0 fully saturated rings. The van der Waals surface area contributed by atoms with E-state index in [1.54, 1.807) is 18.2 Å². The van der Waals surface area contributed by atoms with Crippen molar-refractivity contribution in [2.45, 2.75) is 26.4 Å². The van der Waals surface area contributed by atoms with Gasteiger partial charge in [-0.25, -0.2) is 4.79 Å². The molecule has 118 valence electrons. The molecule has 0 spiro atoms. The molecule has 0 aliphatic heterocycles. The number of aromatic nitrogens is 1. The SMILES string of the molecule is CC(C)NC(=O)c1ccc2oc(=O)n(Cc3ccccc3)c2c1. The van der Waals surface area contributed by atoms with Gasteiger partial charge in [0.1, 0.15) is 0 Å². The van der Waals surface area contributed by atoms with Gasteiger partial charge in [0, 0.05) is 11.6 Å². The van der Waals surface area contributed by atoms with Gasteiger partial charge in [-0.2, -0.15) is 0 Å². The number of nitrogens with zero attached hydrogens (tertiary/aromatic N) is 1. The minimum absolute atomic E-state index is 0.0501. The van der Waals surface area contributed by atoms with Crippen molar-refractivity contribution < 1.29 is 9.21 Å². The highest BCUT2D eigenvalue weighted by Gasteiger charge is 2.13. The van der Waals surface area contributed by atoms with Crippen LogP contribution in [0.2, 0.25) is 0 Å². The number of nitrogens with one attached hydrogen (secondary N) is 1. The smallest absolute Gasteiger partial charge is 0.408 e. The zero-order valence-electron chi connectivity index (χ0n) is 13.1. The van der Waals surface area contributed by atoms with Crippen molar-refractivity contribution in [3.8, 4) is 0 Å². The molecule has 1 heterocycles. The molecule has 0 aliphatic rings. The van der Waals surface area contributed by atoms with E-state index < -0.39 is 5.76 Å². The van der Waals surface area contributed by atoms with E-state index in [0.29, 0.717) is 23.2 Å². The topological polar surface area (TPSA) is 64.2 Å². The second-order valence-electron chi connectivity index (χ2n) is 5.75. The van der Waals surface area contributed by atoms with Crippen LogP contribution < -0.4 is 11.1 Å². The van der Waals surface area contributed by atoms with Gasteiger partial charge in [-0.05, 0) is 37.6 Å². The van der Waals surface area contributed by atoms with E-state index >= 15 is 0 Å². The standard InChI is InChI=1S/C18H18N2O3/c1-12(2)19-17(21)14-8-9-16-15(10-14)20(18(22)23-16)11-13-6-4-3-5-7-13/h3-10,12H,11H2,1-2H3,(H,19,21). The van der Waals surface area contributed by atoms with E-state index in [0.717, 1.165) is 5.56 Å². The highest BCUT2D eigenvalue weighted by atomic mass is 16.4. The Hall–Kier alpha value is -2.82. The maximum atomic E-state index is 12.1. The molecule has 0 radical (unpaired) electrons. The van der Waals surface area contributed by atoms with Crippen LogP contribution >= 0.6 is 0 Å². The zero-order valence-corrected chi connectivity index (χ0v) is 13.1. The third-order valence-corrected chi connectivity index (χ3v) is 3.53. The van der Waals surface area contributed by atoms with Gasteiger partial charge in [0.05, 0.1) is 12.1 Å². The summed E-state index contributed by atoms with van der Waals surface area (Å²) in [7, 11) is 0. The van der Waals surface area contributed by atoms with Gasteiger partial charge < -0.3 is 9.73 Å². The fourth-order valence-electron chi connectivity index (χ4n) is 2.46. The molecule has 3 aromatic rings. The second-order valence-corrected chi connectivity index (χ2v) is 5.75. The van der Waals surface area contributed by atoms with Crippen molar-refractivity contribution >= 4 is 17.0 Å². The zero-order chi connectivity index (χ0) is 16.4. The number of carbonyl (C=O) groups excluding carboxylic acids is 1. The molecule has 5 nitrogen and oxygen atoms in total. The third kappa shape index (κ3) is 3.18. The van der Waals surface area contributed by atoms with Crippen LogP contribution in [-0.2, 0) is 6.54 Å². The van der Waals surface area contributed by atoms with E-state index in [1.165, 1.54) is 4.57 Å². The van der Waals surface area contributed by atoms with E-state index in [4.69, 9.17) is 4.42 Å². The molecule has 1 amide bonds. The van der Waals surface area contributed by atoms with Crippen molar-refractivity contribution in [3.05, 3.63) is 70.2 Å². The number of benzene rings is 2. The number of rotatable bonds is 4. The first-order valence-electron chi connectivity index (χ1n) is 7.53. The summed E-state index contributed by atoms with van der Waals surface area (Å²) in [6, 6.07) is 14.7. The Bertz CT molecular complexity index is 892. The number of hydrogen-bond donors (Lipinski definition) is 1. The molecule has 1 aromatic heterocycles. The van der Waals surface area contributed by atoms with Crippen LogP contribution in [0.15, 0.2) is 57.7 Å². The van der Waals surface area contributed by atoms with Crippen LogP contribution in [0.5, 0.6) is 0 Å². The van der Waals surface area contributed by atoms with Gasteiger partial charge in [-0.15, -0.1) is 0 Å². The molecule has 2 aromatic carbocycles. The molecule has 23 heavy (non-hydrogen) atoms. The van der Waals surface area contributed by atoms with Gasteiger partial charge in [0.25, 0.3) is 5.91 Å². The normalized spacial score (nSPS) is 11.1. The van der Waals surface area contributed by atoms with E-state index in [1.807, 2.05) is 44.2 Å². The van der Waals surface area contributed by atoms with Crippen molar-refractivity contribution in [1.82, 2.24) is 9.88 Å². The molecule has 0 unspecified atom stereocenters. The predicted octanol–water partition coefficient (Wildman–Crippen LogP) is 2.78. The van der Waals surface area contributed by atoms with Crippen molar-refractivity contribution in [1.29, 1.82) is 0 Å². The molecule has 0 saturated carbocycles. The maximum Gasteiger partial charge on any atom is 0.420 e. The molecule has 0 atom stereocenters. The van der Waals surface area contributed by atoms with Gasteiger partial charge in [0.15, 0.2) is 5.58 Å². The number of amides is 1. The first kappa shape index (κ1) is 15.1. The molecule has 0 aliphatic carbocycles. The lowest BCUT2D eigenvalue weighted by molar-refractivity contribution is 0.0943. The Morgan fingerprint density at radius 1 is 1.17 bits per heavy atom. The molecule has 0 bridgehead atoms. The average molecular weight is 310 g/mol. The predicted molar refractivity (Wildman–Crippen MR) is 88.6 cm³/mol. The van der Waals surface area contributed by atoms with Gasteiger partial charge in [-0.3, -0.25) is 9.36 Å². The quantitative estimate of drug-likeness (QED) is 0.806. The summed E-state index contributed by atoms with van der Waals surface area (Å²) >= 11 is 0. The molecule has 0 saturated heterocycles. The van der Waals surface area contributed by atoms with Gasteiger partial charge in [-0.1, -0.05) is 30.3 Å².